The molecule has 304 valence electrons. The van der Waals surface area contributed by atoms with Crippen LogP contribution in [0.15, 0.2) is 30.6 Å². The number of piperidine rings is 1. The zero-order valence-corrected chi connectivity index (χ0v) is 35.6. The SMILES string of the molecule is CCc1cnn2c(NCc3ccc(OCC(C)(C)C(C)(C)COCC(C)(C)CC(C)(C)COC4CCNCC4)nc3)cc(N(CC)C(CC)CCO)nc12. The van der Waals surface area contributed by atoms with Gasteiger partial charge in [-0.15, -0.1) is 0 Å². The molecule has 4 rings (SSSR count). The summed E-state index contributed by atoms with van der Waals surface area (Å²) in [5, 5.41) is 21.4. The maximum Gasteiger partial charge on any atom is 0.213 e. The highest BCUT2D eigenvalue weighted by molar-refractivity contribution is 5.61. The van der Waals surface area contributed by atoms with E-state index in [9.17, 15) is 5.11 Å². The number of rotatable bonds is 23. The molecule has 1 aliphatic heterocycles. The number of hydrogen-bond acceptors (Lipinski definition) is 10. The minimum atomic E-state index is -0.160. The molecule has 0 aliphatic carbocycles. The van der Waals surface area contributed by atoms with Crippen LogP contribution in [-0.4, -0.2) is 89.5 Å². The van der Waals surface area contributed by atoms with Gasteiger partial charge in [0.05, 0.1) is 38.7 Å². The number of aliphatic hydroxyl groups excluding tert-OH is 1. The van der Waals surface area contributed by atoms with Gasteiger partial charge in [0.25, 0.3) is 0 Å². The summed E-state index contributed by atoms with van der Waals surface area (Å²) in [5.74, 6) is 2.37. The molecule has 4 heterocycles. The molecular weight excluding hydrogens is 679 g/mol. The lowest BCUT2D eigenvalue weighted by Crippen LogP contribution is -2.42. The molecule has 3 aromatic heterocycles. The van der Waals surface area contributed by atoms with Gasteiger partial charge in [-0.05, 0) is 80.3 Å². The quantitative estimate of drug-likeness (QED) is 0.0882. The number of aromatic nitrogens is 4. The first kappa shape index (κ1) is 43.7. The van der Waals surface area contributed by atoms with Crippen molar-refractivity contribution in [3.63, 3.8) is 0 Å². The summed E-state index contributed by atoms with van der Waals surface area (Å²) >= 11 is 0. The second-order valence-corrected chi connectivity index (χ2v) is 18.3. The van der Waals surface area contributed by atoms with Crippen molar-refractivity contribution in [1.29, 1.82) is 0 Å². The van der Waals surface area contributed by atoms with E-state index in [1.165, 1.54) is 0 Å². The molecule has 0 saturated carbocycles. The van der Waals surface area contributed by atoms with Gasteiger partial charge in [-0.3, -0.25) is 0 Å². The highest BCUT2D eigenvalue weighted by atomic mass is 16.5. The maximum atomic E-state index is 9.70. The molecule has 11 heteroatoms. The Morgan fingerprint density at radius 2 is 1.65 bits per heavy atom. The van der Waals surface area contributed by atoms with Crippen LogP contribution in [0.3, 0.4) is 0 Å². The summed E-state index contributed by atoms with van der Waals surface area (Å²) in [6.45, 7) is 31.0. The number of fused-ring (bicyclic) bond motifs is 1. The maximum absolute atomic E-state index is 9.70. The first-order valence-electron chi connectivity index (χ1n) is 20.5. The van der Waals surface area contributed by atoms with Gasteiger partial charge < -0.3 is 34.9 Å². The van der Waals surface area contributed by atoms with E-state index in [1.807, 2.05) is 23.0 Å². The summed E-state index contributed by atoms with van der Waals surface area (Å²) in [6, 6.07) is 6.28. The van der Waals surface area contributed by atoms with E-state index in [2.05, 4.69) is 114 Å². The number of hydrogen-bond donors (Lipinski definition) is 3. The fourth-order valence-electron chi connectivity index (χ4n) is 7.58. The van der Waals surface area contributed by atoms with Gasteiger partial charge in [-0.25, -0.2) is 9.97 Å². The number of pyridine rings is 1. The summed E-state index contributed by atoms with van der Waals surface area (Å²) < 4.78 is 21.0. The summed E-state index contributed by atoms with van der Waals surface area (Å²) in [4.78, 5) is 12.0. The normalized spacial score (nSPS) is 15.5. The Hall–Kier alpha value is -2.99. The van der Waals surface area contributed by atoms with Gasteiger partial charge in [0.15, 0.2) is 5.65 Å². The van der Waals surface area contributed by atoms with Crippen LogP contribution in [0.25, 0.3) is 5.65 Å². The Labute approximate surface area is 326 Å². The van der Waals surface area contributed by atoms with E-state index in [0.717, 1.165) is 86.8 Å². The van der Waals surface area contributed by atoms with Gasteiger partial charge in [0.1, 0.15) is 11.6 Å². The minimum absolute atomic E-state index is 0.0367. The number of aliphatic hydroxyl groups is 1. The van der Waals surface area contributed by atoms with Crippen LogP contribution in [0.5, 0.6) is 5.88 Å². The van der Waals surface area contributed by atoms with E-state index >= 15 is 0 Å². The standard InChI is InChI=1S/C43H73N7O4/c1-12-33-26-47-50-36(23-37(48-39(33)50)49(14-3)34(13-2)19-22-51)45-24-32-15-16-38(46-25-32)54-31-43(10,11)42(8,9)30-52-28-40(4,5)27-41(6,7)29-53-35-17-20-44-21-18-35/h15-16,23,25-26,34-35,44-45,51H,12-14,17-22,24,27-31H2,1-11H3. The van der Waals surface area contributed by atoms with Crippen molar-refractivity contribution in [3.8, 4) is 5.88 Å². The summed E-state index contributed by atoms with van der Waals surface area (Å²) in [7, 11) is 0. The second-order valence-electron chi connectivity index (χ2n) is 18.3. The van der Waals surface area contributed by atoms with E-state index in [1.54, 1.807) is 0 Å². The van der Waals surface area contributed by atoms with Crippen LogP contribution in [0.4, 0.5) is 11.6 Å². The number of anilines is 2. The number of nitrogens with one attached hydrogen (secondary N) is 2. The van der Waals surface area contributed by atoms with Crippen LogP contribution in [0, 0.1) is 21.7 Å². The Kier molecular flexibility index (Phi) is 15.6. The minimum Gasteiger partial charge on any atom is -0.477 e. The van der Waals surface area contributed by atoms with Gasteiger partial charge in [0, 0.05) is 55.0 Å². The highest BCUT2D eigenvalue weighted by Gasteiger charge is 2.39. The van der Waals surface area contributed by atoms with Crippen molar-refractivity contribution in [2.75, 3.05) is 62.9 Å². The number of nitrogens with zero attached hydrogens (tertiary/aromatic N) is 5. The molecular formula is C43H73N7O4. The Morgan fingerprint density at radius 1 is 0.944 bits per heavy atom. The monoisotopic (exact) mass is 752 g/mol. The molecule has 0 radical (unpaired) electrons. The average Bonchev–Trinajstić information content (AvgIpc) is 3.55. The van der Waals surface area contributed by atoms with Gasteiger partial charge in [-0.1, -0.05) is 75.3 Å². The molecule has 1 atom stereocenters. The smallest absolute Gasteiger partial charge is 0.213 e. The lowest BCUT2D eigenvalue weighted by Gasteiger charge is -2.42. The molecule has 3 N–H and O–H groups in total. The van der Waals surface area contributed by atoms with E-state index in [0.29, 0.717) is 44.8 Å². The molecule has 11 nitrogen and oxygen atoms in total. The van der Waals surface area contributed by atoms with Crippen molar-refractivity contribution in [2.24, 2.45) is 21.7 Å². The molecule has 0 aromatic carbocycles. The zero-order chi connectivity index (χ0) is 39.6. The summed E-state index contributed by atoms with van der Waals surface area (Å²) in [6.07, 6.45) is 9.87. The predicted molar refractivity (Wildman–Crippen MR) is 221 cm³/mol. The average molecular weight is 752 g/mol. The third-order valence-corrected chi connectivity index (χ3v) is 11.5. The number of aryl methyl sites for hydroxylation is 1. The lowest BCUT2D eigenvalue weighted by atomic mass is 9.69. The topological polar surface area (TPSA) is 118 Å². The lowest BCUT2D eigenvalue weighted by molar-refractivity contribution is -0.0655. The fourth-order valence-corrected chi connectivity index (χ4v) is 7.58. The molecule has 0 amide bonds. The molecule has 54 heavy (non-hydrogen) atoms. The van der Waals surface area contributed by atoms with Gasteiger partial charge in [-0.2, -0.15) is 9.61 Å². The van der Waals surface area contributed by atoms with E-state index < -0.39 is 0 Å². The number of ether oxygens (including phenoxy) is 3. The molecule has 0 spiro atoms. The third kappa shape index (κ3) is 12.0. The second kappa shape index (κ2) is 19.2. The third-order valence-electron chi connectivity index (χ3n) is 11.5. The van der Waals surface area contributed by atoms with Crippen molar-refractivity contribution >= 4 is 17.3 Å². The van der Waals surface area contributed by atoms with Crippen LogP contribution in [0.1, 0.15) is 119 Å². The Bertz CT molecular complexity index is 1560. The van der Waals surface area contributed by atoms with Crippen molar-refractivity contribution < 1.29 is 19.3 Å². The molecule has 1 saturated heterocycles. The molecule has 1 aliphatic rings. The van der Waals surface area contributed by atoms with Gasteiger partial charge >= 0.3 is 0 Å². The van der Waals surface area contributed by atoms with Crippen LogP contribution in [-0.2, 0) is 22.4 Å². The molecule has 1 unspecified atom stereocenters. The van der Waals surface area contributed by atoms with Crippen molar-refractivity contribution in [3.05, 3.63) is 41.7 Å². The first-order chi connectivity index (χ1) is 25.5. The zero-order valence-electron chi connectivity index (χ0n) is 35.6. The Balaban J connectivity index is 1.30. The van der Waals surface area contributed by atoms with Crippen LogP contribution >= 0.6 is 0 Å². The predicted octanol–water partition coefficient (Wildman–Crippen LogP) is 7.95. The van der Waals surface area contributed by atoms with E-state index in [-0.39, 0.29) is 34.3 Å². The first-order valence-corrected chi connectivity index (χ1v) is 20.5. The van der Waals surface area contributed by atoms with Crippen LogP contribution in [0.2, 0.25) is 0 Å². The molecule has 1 fully saturated rings. The van der Waals surface area contributed by atoms with E-state index in [4.69, 9.17) is 19.2 Å². The fraction of sp³-hybridized carbons (Fsp3) is 0.744. The Morgan fingerprint density at radius 3 is 2.28 bits per heavy atom. The molecule has 0 bridgehead atoms. The highest BCUT2D eigenvalue weighted by Crippen LogP contribution is 2.40. The largest absolute Gasteiger partial charge is 0.477 e. The van der Waals surface area contributed by atoms with Crippen molar-refractivity contribution in [2.45, 2.75) is 133 Å². The van der Waals surface area contributed by atoms with Crippen molar-refractivity contribution in [1.82, 2.24) is 24.9 Å². The van der Waals surface area contributed by atoms with Crippen LogP contribution < -0.4 is 20.3 Å². The summed E-state index contributed by atoms with van der Waals surface area (Å²) in [5.41, 5.74) is 2.83. The van der Waals surface area contributed by atoms with Gasteiger partial charge in [0.2, 0.25) is 5.88 Å². The molecule has 3 aromatic rings.